The van der Waals surface area contributed by atoms with Crippen LogP contribution in [-0.4, -0.2) is 53.5 Å². The van der Waals surface area contributed by atoms with Crippen LogP contribution in [0.5, 0.6) is 11.5 Å². The normalized spacial score (nSPS) is 12.9. The van der Waals surface area contributed by atoms with E-state index < -0.39 is 25.4 Å². The smallest absolute Gasteiger partial charge is 0.264 e. The number of hydrogen-bond acceptors (Lipinski definition) is 7. The van der Waals surface area contributed by atoms with Crippen LogP contribution in [0.4, 0.5) is 0 Å². The number of hydrogen-bond donors (Lipinski definition) is 0. The van der Waals surface area contributed by atoms with Gasteiger partial charge in [-0.25, -0.2) is 8.42 Å². The predicted octanol–water partition coefficient (Wildman–Crippen LogP) is 3.74. The minimum absolute atomic E-state index is 0.0466. The van der Waals surface area contributed by atoms with Gasteiger partial charge in [-0.1, -0.05) is 30.3 Å². The Bertz CT molecular complexity index is 1060. The summed E-state index contributed by atoms with van der Waals surface area (Å²) in [5, 5.41) is -0.830. The molecule has 0 amide bonds. The average molecular weight is 512 g/mol. The fourth-order valence-corrected chi connectivity index (χ4v) is 5.70. The molecule has 2 rings (SSSR count). The second kappa shape index (κ2) is 12.9. The van der Waals surface area contributed by atoms with Gasteiger partial charge in [-0.3, -0.25) is 4.18 Å². The molecular formula is C24H33NO7S2. The van der Waals surface area contributed by atoms with Crippen LogP contribution in [-0.2, 0) is 37.4 Å². The summed E-state index contributed by atoms with van der Waals surface area (Å²) >= 11 is 0. The molecule has 0 N–H and O–H groups in total. The van der Waals surface area contributed by atoms with Crippen molar-refractivity contribution in [1.29, 1.82) is 0 Å². The first kappa shape index (κ1) is 27.8. The lowest BCUT2D eigenvalue weighted by molar-refractivity contribution is 0.305. The van der Waals surface area contributed by atoms with Gasteiger partial charge in [0.15, 0.2) is 0 Å². The van der Waals surface area contributed by atoms with Crippen LogP contribution in [0, 0.1) is 0 Å². The third-order valence-corrected chi connectivity index (χ3v) is 8.13. The van der Waals surface area contributed by atoms with Crippen molar-refractivity contribution < 1.29 is 30.5 Å². The zero-order valence-corrected chi connectivity index (χ0v) is 21.5. The summed E-state index contributed by atoms with van der Waals surface area (Å²) in [6, 6.07) is 14.4. The van der Waals surface area contributed by atoms with Crippen molar-refractivity contribution in [3.63, 3.8) is 0 Å². The highest BCUT2D eigenvalue weighted by atomic mass is 32.2. The van der Waals surface area contributed by atoms with Crippen molar-refractivity contribution >= 4 is 20.1 Å². The average Bonchev–Trinajstić information content (AvgIpc) is 2.81. The maximum absolute atomic E-state index is 13.8. The number of benzene rings is 2. The SMILES string of the molecule is C=CCCC(CCOS(C)(=O)=O)S(=O)(=O)N(Cc1ccc(OC)cc1)Cc1ccc(OC)cc1. The van der Waals surface area contributed by atoms with Gasteiger partial charge in [-0.15, -0.1) is 6.58 Å². The quantitative estimate of drug-likeness (QED) is 0.265. The van der Waals surface area contributed by atoms with Crippen LogP contribution in [0.1, 0.15) is 30.4 Å². The Labute approximate surface area is 203 Å². The molecule has 34 heavy (non-hydrogen) atoms. The zero-order valence-electron chi connectivity index (χ0n) is 19.8. The van der Waals surface area contributed by atoms with E-state index in [1.54, 1.807) is 44.6 Å². The summed E-state index contributed by atoms with van der Waals surface area (Å²) in [5.74, 6) is 1.35. The van der Waals surface area contributed by atoms with Gasteiger partial charge >= 0.3 is 0 Å². The number of ether oxygens (including phenoxy) is 2. The van der Waals surface area contributed by atoms with Gasteiger partial charge in [0.1, 0.15) is 11.5 Å². The molecule has 0 bridgehead atoms. The number of rotatable bonds is 15. The minimum Gasteiger partial charge on any atom is -0.497 e. The Morgan fingerprint density at radius 1 is 0.853 bits per heavy atom. The molecule has 0 aliphatic rings. The van der Waals surface area contributed by atoms with E-state index >= 15 is 0 Å². The molecule has 1 atom stereocenters. The van der Waals surface area contributed by atoms with E-state index in [1.165, 1.54) is 4.31 Å². The number of methoxy groups -OCH3 is 2. The van der Waals surface area contributed by atoms with Crippen molar-refractivity contribution in [1.82, 2.24) is 4.31 Å². The van der Waals surface area contributed by atoms with Crippen LogP contribution in [0.3, 0.4) is 0 Å². The van der Waals surface area contributed by atoms with Gasteiger partial charge in [-0.05, 0) is 54.7 Å². The zero-order chi connectivity index (χ0) is 25.2. The summed E-state index contributed by atoms with van der Waals surface area (Å²) in [4.78, 5) is 0. The molecule has 0 spiro atoms. The second-order valence-corrected chi connectivity index (χ2v) is 11.7. The molecule has 2 aromatic rings. The second-order valence-electron chi connectivity index (χ2n) is 7.81. The summed E-state index contributed by atoms with van der Waals surface area (Å²) < 4.78 is 67.0. The van der Waals surface area contributed by atoms with E-state index in [-0.39, 0.29) is 26.1 Å². The summed E-state index contributed by atoms with van der Waals surface area (Å²) in [7, 11) is -4.37. The molecular weight excluding hydrogens is 478 g/mol. The summed E-state index contributed by atoms with van der Waals surface area (Å²) in [6.07, 6.45) is 3.42. The molecule has 1 unspecified atom stereocenters. The van der Waals surface area contributed by atoms with Gasteiger partial charge in [0.25, 0.3) is 10.1 Å². The largest absolute Gasteiger partial charge is 0.497 e. The molecule has 0 radical (unpaired) electrons. The Kier molecular flexibility index (Phi) is 10.6. The van der Waals surface area contributed by atoms with Gasteiger partial charge < -0.3 is 9.47 Å². The molecule has 8 nitrogen and oxygen atoms in total. The highest BCUT2D eigenvalue weighted by Gasteiger charge is 2.32. The standard InChI is InChI=1S/C24H33NO7S2/c1-5-6-7-24(16-17-32-33(4,26)27)34(28,29)25(18-20-8-12-22(30-2)13-9-20)19-21-10-14-23(31-3)15-11-21/h5,8-15,24H,1,6-7,16-19H2,2-4H3. The van der Waals surface area contributed by atoms with Gasteiger partial charge in [0, 0.05) is 13.1 Å². The maximum Gasteiger partial charge on any atom is 0.264 e. The third kappa shape index (κ3) is 8.75. The molecule has 0 aliphatic carbocycles. The van der Waals surface area contributed by atoms with Crippen LogP contribution in [0.15, 0.2) is 61.2 Å². The highest BCUT2D eigenvalue weighted by molar-refractivity contribution is 7.89. The van der Waals surface area contributed by atoms with E-state index in [0.717, 1.165) is 17.4 Å². The molecule has 0 saturated heterocycles. The lowest BCUT2D eigenvalue weighted by Gasteiger charge is -2.28. The van der Waals surface area contributed by atoms with Crippen LogP contribution < -0.4 is 9.47 Å². The van der Waals surface area contributed by atoms with Crippen LogP contribution in [0.2, 0.25) is 0 Å². The fraction of sp³-hybridized carbons (Fsp3) is 0.417. The van der Waals surface area contributed by atoms with Crippen molar-refractivity contribution in [2.24, 2.45) is 0 Å². The first-order chi connectivity index (χ1) is 16.1. The predicted molar refractivity (Wildman–Crippen MR) is 133 cm³/mol. The van der Waals surface area contributed by atoms with E-state index in [2.05, 4.69) is 6.58 Å². The first-order valence-corrected chi connectivity index (χ1v) is 14.1. The molecule has 0 fully saturated rings. The van der Waals surface area contributed by atoms with Crippen LogP contribution >= 0.6 is 0 Å². The number of sulfonamides is 1. The monoisotopic (exact) mass is 511 g/mol. The molecule has 10 heteroatoms. The van der Waals surface area contributed by atoms with Gasteiger partial charge in [0.05, 0.1) is 32.3 Å². The Hall–Kier alpha value is -2.40. The van der Waals surface area contributed by atoms with Crippen molar-refractivity contribution in [2.45, 2.75) is 37.6 Å². The molecule has 0 heterocycles. The lowest BCUT2D eigenvalue weighted by atomic mass is 10.2. The molecule has 0 aliphatic heterocycles. The Balaban J connectivity index is 2.35. The number of allylic oxidation sites excluding steroid dienone is 1. The maximum atomic E-state index is 13.8. The molecule has 0 aromatic heterocycles. The molecule has 0 saturated carbocycles. The molecule has 2 aromatic carbocycles. The van der Waals surface area contributed by atoms with Gasteiger partial charge in [-0.2, -0.15) is 12.7 Å². The summed E-state index contributed by atoms with van der Waals surface area (Å²) in [6.45, 7) is 3.78. The van der Waals surface area contributed by atoms with Crippen molar-refractivity contribution in [3.05, 3.63) is 72.3 Å². The van der Waals surface area contributed by atoms with E-state index in [1.807, 2.05) is 24.3 Å². The third-order valence-electron chi connectivity index (χ3n) is 5.25. The lowest BCUT2D eigenvalue weighted by Crippen LogP contribution is -2.38. The van der Waals surface area contributed by atoms with E-state index in [9.17, 15) is 16.8 Å². The van der Waals surface area contributed by atoms with Crippen molar-refractivity contribution in [2.75, 3.05) is 27.1 Å². The first-order valence-electron chi connectivity index (χ1n) is 10.8. The van der Waals surface area contributed by atoms with E-state index in [0.29, 0.717) is 24.3 Å². The molecule has 188 valence electrons. The Morgan fingerprint density at radius 3 is 1.71 bits per heavy atom. The van der Waals surface area contributed by atoms with Crippen molar-refractivity contribution in [3.8, 4) is 11.5 Å². The minimum atomic E-state index is -3.83. The van der Waals surface area contributed by atoms with Crippen LogP contribution in [0.25, 0.3) is 0 Å². The van der Waals surface area contributed by atoms with E-state index in [4.69, 9.17) is 13.7 Å². The number of nitrogens with zero attached hydrogens (tertiary/aromatic N) is 1. The van der Waals surface area contributed by atoms with Gasteiger partial charge in [0.2, 0.25) is 10.0 Å². The Morgan fingerprint density at radius 2 is 1.32 bits per heavy atom. The highest BCUT2D eigenvalue weighted by Crippen LogP contribution is 2.24. The fourth-order valence-electron chi connectivity index (χ4n) is 3.39. The summed E-state index contributed by atoms with van der Waals surface area (Å²) in [5.41, 5.74) is 1.60. The topological polar surface area (TPSA) is 99.2 Å².